The standard InChI is InChI=1S/C21H21BrClN5OS2/c22-18-11-10-17(31-18)12-24-25-19(29)13-30-21-27-26-20(14-6-8-15(23)9-7-14)28(21)16-4-2-1-3-5-16/h6-12,16H,1-5,13H2,(H,25,29). The van der Waals surface area contributed by atoms with Crippen LogP contribution in [0.3, 0.4) is 0 Å². The fourth-order valence-electron chi connectivity index (χ4n) is 3.57. The number of thioether (sulfide) groups is 1. The Bertz CT molecular complexity index is 1060. The first-order valence-electron chi connectivity index (χ1n) is 10.0. The van der Waals surface area contributed by atoms with E-state index in [1.54, 1.807) is 17.6 Å². The Labute approximate surface area is 202 Å². The summed E-state index contributed by atoms with van der Waals surface area (Å²) in [6.07, 6.45) is 7.49. The third kappa shape index (κ3) is 5.97. The van der Waals surface area contributed by atoms with Gasteiger partial charge in [-0.25, -0.2) is 5.43 Å². The monoisotopic (exact) mass is 537 g/mol. The molecule has 31 heavy (non-hydrogen) atoms. The fraction of sp³-hybridized carbons (Fsp3) is 0.333. The molecule has 4 rings (SSSR count). The average Bonchev–Trinajstić information content (AvgIpc) is 3.39. The van der Waals surface area contributed by atoms with Crippen molar-refractivity contribution >= 4 is 62.8 Å². The number of amides is 1. The number of nitrogens with zero attached hydrogens (tertiary/aromatic N) is 4. The predicted molar refractivity (Wildman–Crippen MR) is 131 cm³/mol. The average molecular weight is 539 g/mol. The number of hydrazone groups is 1. The van der Waals surface area contributed by atoms with Gasteiger partial charge in [0.2, 0.25) is 0 Å². The number of rotatable bonds is 7. The zero-order chi connectivity index (χ0) is 21.6. The number of carbonyl (C=O) groups is 1. The Morgan fingerprint density at radius 2 is 2.00 bits per heavy atom. The first-order chi connectivity index (χ1) is 15.1. The van der Waals surface area contributed by atoms with Gasteiger partial charge in [0.15, 0.2) is 11.0 Å². The van der Waals surface area contributed by atoms with Crippen LogP contribution >= 0.6 is 50.6 Å². The van der Waals surface area contributed by atoms with Crippen molar-refractivity contribution in [1.29, 1.82) is 0 Å². The minimum Gasteiger partial charge on any atom is -0.299 e. The quantitative estimate of drug-likeness (QED) is 0.222. The maximum Gasteiger partial charge on any atom is 0.250 e. The molecule has 0 saturated heterocycles. The Hall–Kier alpha value is -1.68. The van der Waals surface area contributed by atoms with E-state index in [9.17, 15) is 4.79 Å². The molecular formula is C21H21BrClN5OS2. The lowest BCUT2D eigenvalue weighted by atomic mass is 9.95. The first kappa shape index (κ1) is 22.5. The molecule has 1 aliphatic rings. The molecule has 10 heteroatoms. The molecule has 1 amide bonds. The Balaban J connectivity index is 1.46. The van der Waals surface area contributed by atoms with E-state index in [-0.39, 0.29) is 11.7 Å². The largest absolute Gasteiger partial charge is 0.299 e. The molecule has 0 radical (unpaired) electrons. The lowest BCUT2D eigenvalue weighted by Gasteiger charge is -2.25. The van der Waals surface area contributed by atoms with Crippen LogP contribution in [0.25, 0.3) is 11.4 Å². The first-order valence-corrected chi connectivity index (χ1v) is 13.0. The van der Waals surface area contributed by atoms with E-state index in [2.05, 4.69) is 41.2 Å². The van der Waals surface area contributed by atoms with E-state index >= 15 is 0 Å². The van der Waals surface area contributed by atoms with Gasteiger partial charge in [0.25, 0.3) is 5.91 Å². The van der Waals surface area contributed by atoms with Crippen LogP contribution in [0.5, 0.6) is 0 Å². The highest BCUT2D eigenvalue weighted by Crippen LogP contribution is 2.35. The molecule has 0 unspecified atom stereocenters. The highest BCUT2D eigenvalue weighted by molar-refractivity contribution is 9.11. The van der Waals surface area contributed by atoms with Gasteiger partial charge in [0, 0.05) is 21.5 Å². The van der Waals surface area contributed by atoms with E-state index in [4.69, 9.17) is 11.6 Å². The van der Waals surface area contributed by atoms with Crippen molar-refractivity contribution in [2.45, 2.75) is 43.3 Å². The van der Waals surface area contributed by atoms with Gasteiger partial charge in [0.05, 0.1) is 15.8 Å². The van der Waals surface area contributed by atoms with Gasteiger partial charge in [-0.3, -0.25) is 9.36 Å². The topological polar surface area (TPSA) is 72.2 Å². The number of nitrogens with one attached hydrogen (secondary N) is 1. The van der Waals surface area contributed by atoms with Gasteiger partial charge in [-0.15, -0.1) is 21.5 Å². The van der Waals surface area contributed by atoms with Crippen LogP contribution in [0, 0.1) is 0 Å². The highest BCUT2D eigenvalue weighted by Gasteiger charge is 2.24. The van der Waals surface area contributed by atoms with Gasteiger partial charge in [-0.1, -0.05) is 42.6 Å². The summed E-state index contributed by atoms with van der Waals surface area (Å²) < 4.78 is 3.22. The Kier molecular flexibility index (Phi) is 7.81. The van der Waals surface area contributed by atoms with E-state index < -0.39 is 0 Å². The van der Waals surface area contributed by atoms with Crippen molar-refractivity contribution in [2.75, 3.05) is 5.75 Å². The smallest absolute Gasteiger partial charge is 0.250 e. The molecule has 6 nitrogen and oxygen atoms in total. The number of aromatic nitrogens is 3. The summed E-state index contributed by atoms with van der Waals surface area (Å²) >= 11 is 12.4. The van der Waals surface area contributed by atoms with E-state index in [1.807, 2.05) is 36.4 Å². The van der Waals surface area contributed by atoms with Crippen LogP contribution in [0.4, 0.5) is 0 Å². The van der Waals surface area contributed by atoms with Crippen LogP contribution in [0.15, 0.2) is 50.4 Å². The summed E-state index contributed by atoms with van der Waals surface area (Å²) in [6.45, 7) is 0. The third-order valence-electron chi connectivity index (χ3n) is 5.01. The van der Waals surface area contributed by atoms with Gasteiger partial charge in [0.1, 0.15) is 0 Å². The maximum absolute atomic E-state index is 12.3. The van der Waals surface area contributed by atoms with E-state index in [1.165, 1.54) is 31.0 Å². The third-order valence-corrected chi connectivity index (χ3v) is 7.77. The van der Waals surface area contributed by atoms with Crippen molar-refractivity contribution in [3.63, 3.8) is 0 Å². The lowest BCUT2D eigenvalue weighted by molar-refractivity contribution is -0.118. The SMILES string of the molecule is O=C(CSc1nnc(-c2ccc(Cl)cc2)n1C1CCCCC1)NN=Cc1ccc(Br)s1. The zero-order valence-electron chi connectivity index (χ0n) is 16.6. The summed E-state index contributed by atoms with van der Waals surface area (Å²) in [6, 6.07) is 11.9. The molecule has 3 aromatic rings. The Morgan fingerprint density at radius 3 is 2.71 bits per heavy atom. The van der Waals surface area contributed by atoms with Crippen LogP contribution in [-0.2, 0) is 4.79 Å². The molecule has 1 aliphatic carbocycles. The molecule has 1 N–H and O–H groups in total. The number of thiophene rings is 1. The lowest BCUT2D eigenvalue weighted by Crippen LogP contribution is -2.20. The number of carbonyl (C=O) groups excluding carboxylic acids is 1. The highest BCUT2D eigenvalue weighted by atomic mass is 79.9. The number of benzene rings is 1. The minimum absolute atomic E-state index is 0.178. The van der Waals surface area contributed by atoms with Crippen LogP contribution in [0.2, 0.25) is 5.02 Å². The summed E-state index contributed by atoms with van der Waals surface area (Å²) in [5, 5.41) is 14.4. The molecule has 0 spiro atoms. The molecule has 2 heterocycles. The second-order valence-electron chi connectivity index (χ2n) is 7.20. The number of hydrogen-bond acceptors (Lipinski definition) is 6. The molecule has 1 aromatic carbocycles. The number of hydrogen-bond donors (Lipinski definition) is 1. The van der Waals surface area contributed by atoms with Crippen molar-refractivity contribution in [2.24, 2.45) is 5.10 Å². The normalized spacial score (nSPS) is 14.9. The minimum atomic E-state index is -0.178. The molecule has 1 fully saturated rings. The zero-order valence-corrected chi connectivity index (χ0v) is 20.6. The second-order valence-corrected chi connectivity index (χ2v) is 11.1. The molecular weight excluding hydrogens is 518 g/mol. The molecule has 1 saturated carbocycles. The van der Waals surface area contributed by atoms with Crippen molar-refractivity contribution in [1.82, 2.24) is 20.2 Å². The molecule has 0 bridgehead atoms. The van der Waals surface area contributed by atoms with Crippen molar-refractivity contribution in [3.05, 3.63) is 50.1 Å². The molecule has 0 atom stereocenters. The van der Waals surface area contributed by atoms with Gasteiger partial charge in [-0.2, -0.15) is 5.10 Å². The number of halogens is 2. The fourth-order valence-corrected chi connectivity index (χ4v) is 5.79. The van der Waals surface area contributed by atoms with E-state index in [0.717, 1.165) is 38.0 Å². The Morgan fingerprint density at radius 1 is 1.23 bits per heavy atom. The predicted octanol–water partition coefficient (Wildman–Crippen LogP) is 6.17. The van der Waals surface area contributed by atoms with E-state index in [0.29, 0.717) is 11.1 Å². The molecule has 0 aliphatic heterocycles. The van der Waals surface area contributed by atoms with Crippen LogP contribution in [-0.4, -0.2) is 32.6 Å². The van der Waals surface area contributed by atoms with Crippen LogP contribution < -0.4 is 5.43 Å². The van der Waals surface area contributed by atoms with Gasteiger partial charge < -0.3 is 0 Å². The van der Waals surface area contributed by atoms with Gasteiger partial charge in [-0.05, 0) is 65.2 Å². The summed E-state index contributed by atoms with van der Waals surface area (Å²) in [5.74, 6) is 0.868. The van der Waals surface area contributed by atoms with Crippen LogP contribution in [0.1, 0.15) is 43.0 Å². The summed E-state index contributed by atoms with van der Waals surface area (Å²) in [7, 11) is 0. The van der Waals surface area contributed by atoms with Crippen molar-refractivity contribution in [3.8, 4) is 11.4 Å². The molecule has 2 aromatic heterocycles. The molecule has 162 valence electrons. The summed E-state index contributed by atoms with van der Waals surface area (Å²) in [4.78, 5) is 13.3. The second kappa shape index (κ2) is 10.8. The maximum atomic E-state index is 12.3. The summed E-state index contributed by atoms with van der Waals surface area (Å²) in [5.41, 5.74) is 3.56. The van der Waals surface area contributed by atoms with Crippen molar-refractivity contribution < 1.29 is 4.79 Å². The van der Waals surface area contributed by atoms with Gasteiger partial charge >= 0.3 is 0 Å².